The summed E-state index contributed by atoms with van der Waals surface area (Å²) >= 11 is 0. The fourth-order valence-electron chi connectivity index (χ4n) is 3.37. The average molecular weight is 360 g/mol. The third kappa shape index (κ3) is 3.74. The smallest absolute Gasteiger partial charge is 0.242 e. The van der Waals surface area contributed by atoms with Gasteiger partial charge in [0.15, 0.2) is 0 Å². The van der Waals surface area contributed by atoms with Crippen LogP contribution in [0.25, 0.3) is 0 Å². The molecular weight excluding hydrogens is 330 g/mol. The summed E-state index contributed by atoms with van der Waals surface area (Å²) in [6.45, 7) is 12.0. The molecule has 0 aliphatic carbocycles. The standard InChI is InChI=1S/C21H29NO2S/c1-6-9-11-21-19(8-3)17(5)20(10-7-2)22(21)25(23,24)18-14-12-16(4)13-15-18/h7,12-15H,2,6,8-11H2,1,3-5H3. The molecule has 0 fully saturated rings. The zero-order valence-corrected chi connectivity index (χ0v) is 16.6. The number of benzene rings is 1. The Balaban J connectivity index is 2.75. The van der Waals surface area contributed by atoms with Crippen molar-refractivity contribution < 1.29 is 8.42 Å². The van der Waals surface area contributed by atoms with Crippen LogP contribution in [0, 0.1) is 13.8 Å². The first-order valence-electron chi connectivity index (χ1n) is 9.03. The third-order valence-corrected chi connectivity index (χ3v) is 6.53. The molecule has 3 nitrogen and oxygen atoms in total. The van der Waals surface area contributed by atoms with Gasteiger partial charge in [-0.15, -0.1) is 6.58 Å². The Kier molecular flexibility index (Phi) is 6.28. The lowest BCUT2D eigenvalue weighted by Gasteiger charge is -2.15. The third-order valence-electron chi connectivity index (χ3n) is 4.74. The van der Waals surface area contributed by atoms with Crippen LogP contribution in [0.15, 0.2) is 41.8 Å². The number of hydrogen-bond acceptors (Lipinski definition) is 2. The van der Waals surface area contributed by atoms with E-state index in [1.165, 1.54) is 5.56 Å². The van der Waals surface area contributed by atoms with Gasteiger partial charge in [0.1, 0.15) is 0 Å². The maximum atomic E-state index is 13.4. The highest BCUT2D eigenvalue weighted by Gasteiger charge is 2.27. The van der Waals surface area contributed by atoms with E-state index in [0.717, 1.165) is 48.2 Å². The van der Waals surface area contributed by atoms with Crippen LogP contribution < -0.4 is 0 Å². The van der Waals surface area contributed by atoms with E-state index < -0.39 is 10.0 Å². The van der Waals surface area contributed by atoms with E-state index in [0.29, 0.717) is 11.3 Å². The molecular formula is C21H29NO2S. The van der Waals surface area contributed by atoms with Crippen LogP contribution in [0.1, 0.15) is 54.8 Å². The van der Waals surface area contributed by atoms with Gasteiger partial charge >= 0.3 is 0 Å². The van der Waals surface area contributed by atoms with E-state index in [2.05, 4.69) is 20.4 Å². The van der Waals surface area contributed by atoms with Crippen molar-refractivity contribution in [1.29, 1.82) is 0 Å². The largest absolute Gasteiger partial charge is 0.268 e. The van der Waals surface area contributed by atoms with E-state index in [9.17, 15) is 8.42 Å². The van der Waals surface area contributed by atoms with E-state index >= 15 is 0 Å². The molecule has 1 aromatic carbocycles. The van der Waals surface area contributed by atoms with Crippen LogP contribution >= 0.6 is 0 Å². The number of aromatic nitrogens is 1. The fourth-order valence-corrected chi connectivity index (χ4v) is 5.06. The van der Waals surface area contributed by atoms with Crippen LogP contribution in [-0.2, 0) is 29.3 Å². The molecule has 0 unspecified atom stereocenters. The van der Waals surface area contributed by atoms with Gasteiger partial charge in [0.2, 0.25) is 0 Å². The van der Waals surface area contributed by atoms with Gasteiger partial charge in [-0.25, -0.2) is 12.4 Å². The Morgan fingerprint density at radius 1 is 1.08 bits per heavy atom. The van der Waals surface area contributed by atoms with Gasteiger partial charge < -0.3 is 0 Å². The molecule has 0 amide bonds. The molecule has 0 spiro atoms. The molecule has 25 heavy (non-hydrogen) atoms. The summed E-state index contributed by atoms with van der Waals surface area (Å²) in [7, 11) is -3.61. The van der Waals surface area contributed by atoms with Crippen LogP contribution in [0.3, 0.4) is 0 Å². The molecule has 0 bridgehead atoms. The Hall–Kier alpha value is -1.81. The van der Waals surface area contributed by atoms with Crippen LogP contribution in [-0.4, -0.2) is 12.4 Å². The predicted molar refractivity (Wildman–Crippen MR) is 105 cm³/mol. The predicted octanol–water partition coefficient (Wildman–Crippen LogP) is 4.98. The molecule has 4 heteroatoms. The van der Waals surface area contributed by atoms with Crippen molar-refractivity contribution in [1.82, 2.24) is 3.97 Å². The van der Waals surface area contributed by atoms with Gasteiger partial charge in [-0.2, -0.15) is 0 Å². The second-order valence-electron chi connectivity index (χ2n) is 6.53. The van der Waals surface area contributed by atoms with Crippen molar-refractivity contribution in [3.63, 3.8) is 0 Å². The lowest BCUT2D eigenvalue weighted by molar-refractivity contribution is 0.581. The summed E-state index contributed by atoms with van der Waals surface area (Å²) in [5.74, 6) is 0. The van der Waals surface area contributed by atoms with E-state index in [-0.39, 0.29) is 0 Å². The van der Waals surface area contributed by atoms with Crippen molar-refractivity contribution in [3.8, 4) is 0 Å². The van der Waals surface area contributed by atoms with Crippen molar-refractivity contribution in [2.24, 2.45) is 0 Å². The minimum atomic E-state index is -3.61. The number of unbranched alkanes of at least 4 members (excludes halogenated alkanes) is 1. The molecule has 0 aliphatic heterocycles. The van der Waals surface area contributed by atoms with Gasteiger partial charge in [0.25, 0.3) is 10.0 Å². The molecule has 0 saturated heterocycles. The second kappa shape index (κ2) is 8.05. The molecule has 1 heterocycles. The molecule has 0 aliphatic rings. The topological polar surface area (TPSA) is 39.1 Å². The molecule has 136 valence electrons. The summed E-state index contributed by atoms with van der Waals surface area (Å²) in [5.41, 5.74) is 5.09. The maximum absolute atomic E-state index is 13.4. The molecule has 2 aromatic rings. The van der Waals surface area contributed by atoms with Crippen LogP contribution in [0.2, 0.25) is 0 Å². The Labute approximate surface area is 152 Å². The maximum Gasteiger partial charge on any atom is 0.268 e. The van der Waals surface area contributed by atoms with E-state index in [1.807, 2.05) is 26.0 Å². The quantitative estimate of drug-likeness (QED) is 0.624. The zero-order chi connectivity index (χ0) is 18.6. The highest BCUT2D eigenvalue weighted by molar-refractivity contribution is 7.90. The van der Waals surface area contributed by atoms with Crippen molar-refractivity contribution in [3.05, 3.63) is 65.0 Å². The fraction of sp³-hybridized carbons (Fsp3) is 0.429. The Bertz CT molecular complexity index is 843. The first-order chi connectivity index (χ1) is 11.9. The first kappa shape index (κ1) is 19.5. The summed E-state index contributed by atoms with van der Waals surface area (Å²) in [6.07, 6.45) is 5.97. The van der Waals surface area contributed by atoms with Crippen LogP contribution in [0.5, 0.6) is 0 Å². The highest BCUT2D eigenvalue weighted by atomic mass is 32.2. The zero-order valence-electron chi connectivity index (χ0n) is 15.8. The minimum absolute atomic E-state index is 0.346. The van der Waals surface area contributed by atoms with E-state index in [4.69, 9.17) is 0 Å². The number of nitrogens with zero attached hydrogens (tertiary/aromatic N) is 1. The second-order valence-corrected chi connectivity index (χ2v) is 8.32. The molecule has 0 atom stereocenters. The van der Waals surface area contributed by atoms with Gasteiger partial charge in [-0.1, -0.05) is 44.0 Å². The molecule has 2 rings (SSSR count). The average Bonchev–Trinajstić information content (AvgIpc) is 2.85. The number of hydrogen-bond donors (Lipinski definition) is 0. The summed E-state index contributed by atoms with van der Waals surface area (Å²) < 4.78 is 28.5. The lowest BCUT2D eigenvalue weighted by Crippen LogP contribution is -2.19. The number of rotatable bonds is 8. The van der Waals surface area contributed by atoms with E-state index in [1.54, 1.807) is 22.2 Å². The molecule has 0 saturated carbocycles. The monoisotopic (exact) mass is 359 g/mol. The SMILES string of the molecule is C=CCc1c(C)c(CC)c(CCCC)n1S(=O)(=O)c1ccc(C)cc1. The number of aryl methyl sites for hydroxylation is 1. The normalized spacial score (nSPS) is 11.7. The summed E-state index contributed by atoms with van der Waals surface area (Å²) in [6, 6.07) is 7.10. The van der Waals surface area contributed by atoms with Gasteiger partial charge in [-0.05, 0) is 56.4 Å². The highest BCUT2D eigenvalue weighted by Crippen LogP contribution is 2.30. The van der Waals surface area contributed by atoms with Crippen LogP contribution in [0.4, 0.5) is 0 Å². The van der Waals surface area contributed by atoms with Crippen molar-refractivity contribution in [2.75, 3.05) is 0 Å². The summed E-state index contributed by atoms with van der Waals surface area (Å²) in [5, 5.41) is 0. The van der Waals surface area contributed by atoms with Gasteiger partial charge in [0, 0.05) is 17.8 Å². The van der Waals surface area contributed by atoms with Crippen molar-refractivity contribution in [2.45, 2.75) is 64.7 Å². The minimum Gasteiger partial charge on any atom is -0.242 e. The molecule has 0 N–H and O–H groups in total. The Morgan fingerprint density at radius 3 is 2.24 bits per heavy atom. The van der Waals surface area contributed by atoms with Gasteiger partial charge in [-0.3, -0.25) is 0 Å². The Morgan fingerprint density at radius 2 is 1.72 bits per heavy atom. The van der Waals surface area contributed by atoms with Crippen molar-refractivity contribution >= 4 is 10.0 Å². The van der Waals surface area contributed by atoms with Gasteiger partial charge in [0.05, 0.1) is 4.90 Å². The molecule has 1 aromatic heterocycles. The first-order valence-corrected chi connectivity index (χ1v) is 10.5. The molecule has 0 radical (unpaired) electrons. The number of allylic oxidation sites excluding steroid dienone is 1. The lowest BCUT2D eigenvalue weighted by atomic mass is 10.0. The summed E-state index contributed by atoms with van der Waals surface area (Å²) in [4.78, 5) is 0.346.